The Bertz CT molecular complexity index is 1060. The first-order chi connectivity index (χ1) is 12.5. The van der Waals surface area contributed by atoms with Crippen LogP contribution in [0.3, 0.4) is 0 Å². The van der Waals surface area contributed by atoms with E-state index in [0.29, 0.717) is 15.8 Å². The minimum atomic E-state index is -0.779. The van der Waals surface area contributed by atoms with Crippen molar-refractivity contribution in [1.29, 1.82) is 0 Å². The molecule has 0 atom stereocenters. The average molecular weight is 391 g/mol. The summed E-state index contributed by atoms with van der Waals surface area (Å²) in [7, 11) is 0. The molecule has 0 radical (unpaired) electrons. The molecule has 0 spiro atoms. The molecule has 3 aromatic rings. The Morgan fingerprint density at radius 3 is 2.38 bits per heavy atom. The maximum absolute atomic E-state index is 11.4. The van der Waals surface area contributed by atoms with Crippen LogP contribution in [0.25, 0.3) is 0 Å². The van der Waals surface area contributed by atoms with Crippen LogP contribution in [0.1, 0.15) is 11.1 Å². The first kappa shape index (κ1) is 17.9. The van der Waals surface area contributed by atoms with Crippen molar-refractivity contribution >= 4 is 23.2 Å². The zero-order valence-electron chi connectivity index (χ0n) is 13.3. The second-order valence-electron chi connectivity index (χ2n) is 5.24. The number of hydrogen-bond donors (Lipinski definition) is 1. The zero-order chi connectivity index (χ0) is 18.5. The number of ether oxygens (including phenoxy) is 1. The van der Waals surface area contributed by atoms with Gasteiger partial charge in [0.2, 0.25) is 0 Å². The molecule has 6 nitrogen and oxygen atoms in total. The van der Waals surface area contributed by atoms with E-state index in [4.69, 9.17) is 32.5 Å². The molecule has 0 saturated heterocycles. The minimum Gasteiger partial charge on any atom is -0.481 e. The van der Waals surface area contributed by atoms with Crippen LogP contribution >= 0.6 is 23.2 Å². The van der Waals surface area contributed by atoms with Crippen LogP contribution in [-0.4, -0.2) is 16.3 Å². The molecule has 0 saturated carbocycles. The molecular formula is C18H12Cl2N2O4. The number of hydrogen-bond acceptors (Lipinski definition) is 4. The highest BCUT2D eigenvalue weighted by Gasteiger charge is 2.03. The smallest absolute Gasteiger partial charge is 0.440 e. The fraction of sp³-hybridized carbons (Fsp3) is 0.111. The first-order valence-corrected chi connectivity index (χ1v) is 8.22. The fourth-order valence-corrected chi connectivity index (χ4v) is 2.65. The summed E-state index contributed by atoms with van der Waals surface area (Å²) >= 11 is 11.8. The minimum absolute atomic E-state index is 0.157. The number of aromatic amines is 1. The molecule has 0 aliphatic carbocycles. The van der Waals surface area contributed by atoms with E-state index >= 15 is 0 Å². The largest absolute Gasteiger partial charge is 0.481 e. The first-order valence-electron chi connectivity index (χ1n) is 7.47. The number of halogens is 2. The van der Waals surface area contributed by atoms with Crippen molar-refractivity contribution in [2.24, 2.45) is 0 Å². The maximum atomic E-state index is 11.4. The van der Waals surface area contributed by atoms with Gasteiger partial charge in [0.25, 0.3) is 0 Å². The number of nitrogens with one attached hydrogen (secondary N) is 1. The van der Waals surface area contributed by atoms with E-state index < -0.39 is 11.4 Å². The van der Waals surface area contributed by atoms with E-state index in [2.05, 4.69) is 11.8 Å². The molecule has 132 valence electrons. The lowest BCUT2D eigenvalue weighted by atomic mass is 10.1. The molecule has 0 aliphatic heterocycles. The van der Waals surface area contributed by atoms with E-state index in [1.54, 1.807) is 42.5 Å². The Morgan fingerprint density at radius 1 is 1.08 bits per heavy atom. The van der Waals surface area contributed by atoms with Crippen molar-refractivity contribution in [3.63, 3.8) is 0 Å². The van der Waals surface area contributed by atoms with Crippen LogP contribution < -0.4 is 16.2 Å². The maximum Gasteiger partial charge on any atom is 0.440 e. The molecule has 26 heavy (non-hydrogen) atoms. The van der Waals surface area contributed by atoms with Gasteiger partial charge in [0.15, 0.2) is 0 Å². The van der Waals surface area contributed by atoms with Crippen LogP contribution in [0, 0.1) is 11.8 Å². The fourth-order valence-electron chi connectivity index (χ4n) is 2.15. The molecule has 1 aromatic heterocycles. The highest BCUT2D eigenvalue weighted by atomic mass is 35.5. The zero-order valence-corrected chi connectivity index (χ0v) is 14.8. The quantitative estimate of drug-likeness (QED) is 0.694. The summed E-state index contributed by atoms with van der Waals surface area (Å²) < 4.78 is 11.1. The van der Waals surface area contributed by atoms with Crippen LogP contribution in [0.15, 0.2) is 56.6 Å². The second kappa shape index (κ2) is 8.00. The standard InChI is InChI=1S/C18H12Cl2N2O4/c19-14-8-15(20)10-16(9-14)25-7-1-2-12-3-5-13(6-4-12)11-22-17(23)21-18(24)26-22/h3-6,8-10H,7,11H2,(H,21,23,24). The monoisotopic (exact) mass is 390 g/mol. The Labute approximate surface area is 157 Å². The number of rotatable bonds is 4. The van der Waals surface area contributed by atoms with Crippen LogP contribution in [0.2, 0.25) is 10.0 Å². The molecule has 1 heterocycles. The van der Waals surface area contributed by atoms with Crippen LogP contribution in [0.4, 0.5) is 0 Å². The van der Waals surface area contributed by atoms with Gasteiger partial charge >= 0.3 is 11.4 Å². The van der Waals surface area contributed by atoms with E-state index in [-0.39, 0.29) is 13.2 Å². The lowest BCUT2D eigenvalue weighted by Gasteiger charge is -2.03. The highest BCUT2D eigenvalue weighted by Crippen LogP contribution is 2.23. The summed E-state index contributed by atoms with van der Waals surface area (Å²) in [4.78, 5) is 24.4. The molecule has 3 rings (SSSR count). The van der Waals surface area contributed by atoms with Crippen molar-refractivity contribution in [2.75, 3.05) is 6.61 Å². The highest BCUT2D eigenvalue weighted by molar-refractivity contribution is 6.34. The Kier molecular flexibility index (Phi) is 5.52. The van der Waals surface area contributed by atoms with Gasteiger partial charge in [-0.05, 0) is 35.9 Å². The molecule has 1 N–H and O–H groups in total. The van der Waals surface area contributed by atoms with Gasteiger partial charge in [0, 0.05) is 15.6 Å². The van der Waals surface area contributed by atoms with E-state index in [1.807, 2.05) is 4.98 Å². The predicted octanol–water partition coefficient (Wildman–Crippen LogP) is 2.92. The molecule has 2 aromatic carbocycles. The van der Waals surface area contributed by atoms with Crippen molar-refractivity contribution in [3.05, 3.63) is 84.7 Å². The Balaban J connectivity index is 1.59. The average Bonchev–Trinajstić information content (AvgIpc) is 2.89. The lowest BCUT2D eigenvalue weighted by Crippen LogP contribution is -2.17. The number of nitrogens with zero attached hydrogens (tertiary/aromatic N) is 1. The topological polar surface area (TPSA) is 77.2 Å². The van der Waals surface area contributed by atoms with Gasteiger partial charge in [-0.3, -0.25) is 0 Å². The third-order valence-corrected chi connectivity index (χ3v) is 3.72. The second-order valence-corrected chi connectivity index (χ2v) is 6.11. The van der Waals surface area contributed by atoms with E-state index in [9.17, 15) is 9.59 Å². The van der Waals surface area contributed by atoms with Crippen molar-refractivity contribution < 1.29 is 9.26 Å². The SMILES string of the molecule is O=c1[nH]c(=O)n(Cc2ccc(C#CCOc3cc(Cl)cc(Cl)c3)cc2)o1. The summed E-state index contributed by atoms with van der Waals surface area (Å²) in [6.45, 7) is 0.340. The molecule has 8 heteroatoms. The molecule has 0 aliphatic rings. The normalized spacial score (nSPS) is 10.2. The van der Waals surface area contributed by atoms with Crippen LogP contribution in [0.5, 0.6) is 5.75 Å². The van der Waals surface area contributed by atoms with Gasteiger partial charge in [-0.1, -0.05) is 47.2 Å². The summed E-state index contributed by atoms with van der Waals surface area (Å²) in [6.07, 6.45) is 0. The molecule has 0 unspecified atom stereocenters. The van der Waals surface area contributed by atoms with Gasteiger partial charge < -0.3 is 9.26 Å². The molecule has 0 amide bonds. The van der Waals surface area contributed by atoms with Crippen LogP contribution in [-0.2, 0) is 6.54 Å². The summed E-state index contributed by atoms with van der Waals surface area (Å²) in [5.74, 6) is 5.62. The summed E-state index contributed by atoms with van der Waals surface area (Å²) in [5.41, 5.74) is 0.992. The lowest BCUT2D eigenvalue weighted by molar-refractivity contribution is 0.258. The van der Waals surface area contributed by atoms with Gasteiger partial charge in [0.05, 0.1) is 6.54 Å². The third kappa shape index (κ3) is 4.82. The summed E-state index contributed by atoms with van der Waals surface area (Å²) in [5, 5.41) is 0.988. The van der Waals surface area contributed by atoms with Gasteiger partial charge in [-0.2, -0.15) is 0 Å². The van der Waals surface area contributed by atoms with Crippen molar-refractivity contribution in [3.8, 4) is 17.6 Å². The summed E-state index contributed by atoms with van der Waals surface area (Å²) in [6, 6.07) is 12.1. The molecule has 0 bridgehead atoms. The number of aromatic nitrogens is 2. The third-order valence-electron chi connectivity index (χ3n) is 3.29. The van der Waals surface area contributed by atoms with Gasteiger partial charge in [-0.15, -0.1) is 4.74 Å². The number of H-pyrrole nitrogens is 1. The van der Waals surface area contributed by atoms with Crippen molar-refractivity contribution in [2.45, 2.75) is 6.54 Å². The predicted molar refractivity (Wildman–Crippen MR) is 98.0 cm³/mol. The molecule has 0 fully saturated rings. The molecular weight excluding hydrogens is 379 g/mol. The van der Waals surface area contributed by atoms with E-state index in [0.717, 1.165) is 15.9 Å². The van der Waals surface area contributed by atoms with E-state index in [1.165, 1.54) is 0 Å². The Hall–Kier alpha value is -2.88. The van der Waals surface area contributed by atoms with Gasteiger partial charge in [0.1, 0.15) is 12.4 Å². The van der Waals surface area contributed by atoms with Gasteiger partial charge in [-0.25, -0.2) is 14.6 Å². The Morgan fingerprint density at radius 2 is 1.77 bits per heavy atom. The number of benzene rings is 2. The van der Waals surface area contributed by atoms with Crippen molar-refractivity contribution in [1.82, 2.24) is 9.72 Å².